The lowest BCUT2D eigenvalue weighted by molar-refractivity contribution is 0.334. The first-order chi connectivity index (χ1) is 7.95. The Bertz CT molecular complexity index is 265. The molecule has 0 radical (unpaired) electrons. The number of nitrogens with one attached hydrogen (secondary N) is 1. The Morgan fingerprint density at radius 2 is 2.12 bits per heavy atom. The second-order valence-corrected chi connectivity index (χ2v) is 5.70. The van der Waals surface area contributed by atoms with E-state index in [0.717, 1.165) is 18.9 Å². The van der Waals surface area contributed by atoms with Gasteiger partial charge in [0.05, 0.1) is 5.01 Å². The van der Waals surface area contributed by atoms with Gasteiger partial charge >= 0.3 is 0 Å². The van der Waals surface area contributed by atoms with Crippen molar-refractivity contribution in [3.05, 3.63) is 16.6 Å². The van der Waals surface area contributed by atoms with E-state index in [4.69, 9.17) is 0 Å². The monoisotopic (exact) mass is 238 g/mol. The van der Waals surface area contributed by atoms with Crippen molar-refractivity contribution in [2.45, 2.75) is 44.9 Å². The van der Waals surface area contributed by atoms with Crippen LogP contribution < -0.4 is 5.32 Å². The molecule has 1 aromatic rings. The van der Waals surface area contributed by atoms with Crippen LogP contribution in [0, 0.1) is 5.92 Å². The van der Waals surface area contributed by atoms with Crippen molar-refractivity contribution in [1.29, 1.82) is 0 Å². The average Bonchev–Trinajstić information content (AvgIpc) is 2.83. The first-order valence-corrected chi connectivity index (χ1v) is 7.42. The number of nitrogens with zero attached hydrogens (tertiary/aromatic N) is 1. The molecule has 0 saturated heterocycles. The molecule has 1 aliphatic carbocycles. The van der Waals surface area contributed by atoms with E-state index in [1.807, 2.05) is 6.20 Å². The first kappa shape index (κ1) is 12.1. The fourth-order valence-electron chi connectivity index (χ4n) is 2.48. The summed E-state index contributed by atoms with van der Waals surface area (Å²) in [6.07, 6.45) is 11.7. The van der Waals surface area contributed by atoms with Crippen molar-refractivity contribution in [2.24, 2.45) is 5.92 Å². The third-order valence-corrected chi connectivity index (χ3v) is 4.29. The topological polar surface area (TPSA) is 24.9 Å². The maximum absolute atomic E-state index is 4.28. The Labute approximate surface area is 102 Å². The highest BCUT2D eigenvalue weighted by molar-refractivity contribution is 7.09. The molecule has 1 N–H and O–H groups in total. The van der Waals surface area contributed by atoms with Gasteiger partial charge in [-0.15, -0.1) is 11.3 Å². The summed E-state index contributed by atoms with van der Waals surface area (Å²) < 4.78 is 0. The Morgan fingerprint density at radius 1 is 1.25 bits per heavy atom. The van der Waals surface area contributed by atoms with Gasteiger partial charge in [0.1, 0.15) is 0 Å². The minimum atomic E-state index is 1.00. The Kier molecular flexibility index (Phi) is 5.29. The van der Waals surface area contributed by atoms with Gasteiger partial charge in [0, 0.05) is 24.5 Å². The molecule has 3 heteroatoms. The molecule has 2 nitrogen and oxygen atoms in total. The molecule has 0 bridgehead atoms. The van der Waals surface area contributed by atoms with Gasteiger partial charge in [-0.3, -0.25) is 0 Å². The largest absolute Gasteiger partial charge is 0.316 e. The van der Waals surface area contributed by atoms with Crippen LogP contribution in [0.5, 0.6) is 0 Å². The minimum Gasteiger partial charge on any atom is -0.316 e. The van der Waals surface area contributed by atoms with Gasteiger partial charge < -0.3 is 5.32 Å². The van der Waals surface area contributed by atoms with Crippen LogP contribution in [0.15, 0.2) is 11.6 Å². The Morgan fingerprint density at radius 3 is 2.88 bits per heavy atom. The fourth-order valence-corrected chi connectivity index (χ4v) is 3.10. The average molecular weight is 238 g/mol. The number of hydrogen-bond donors (Lipinski definition) is 1. The van der Waals surface area contributed by atoms with Crippen LogP contribution in [0.2, 0.25) is 0 Å². The summed E-state index contributed by atoms with van der Waals surface area (Å²) in [5.74, 6) is 1.00. The molecule has 1 fully saturated rings. The standard InChI is InChI=1S/C13H22N2S/c1-2-4-12(5-3-1)6-8-14-9-7-13-15-10-11-16-13/h10-12,14H,1-9H2. The van der Waals surface area contributed by atoms with Gasteiger partial charge in [-0.05, 0) is 18.9 Å². The lowest BCUT2D eigenvalue weighted by atomic mass is 9.87. The normalized spacial score (nSPS) is 17.8. The van der Waals surface area contributed by atoms with Crippen molar-refractivity contribution in [2.75, 3.05) is 13.1 Å². The summed E-state index contributed by atoms with van der Waals surface area (Å²) in [6, 6.07) is 0. The van der Waals surface area contributed by atoms with Crippen LogP contribution in [0.4, 0.5) is 0 Å². The number of rotatable bonds is 6. The van der Waals surface area contributed by atoms with Crippen molar-refractivity contribution in [3.8, 4) is 0 Å². The highest BCUT2D eigenvalue weighted by Crippen LogP contribution is 2.25. The summed E-state index contributed by atoms with van der Waals surface area (Å²) in [4.78, 5) is 4.28. The fraction of sp³-hybridized carbons (Fsp3) is 0.769. The predicted octanol–water partition coefficient (Wildman–Crippen LogP) is 3.25. The smallest absolute Gasteiger partial charge is 0.0937 e. The van der Waals surface area contributed by atoms with E-state index < -0.39 is 0 Å². The first-order valence-electron chi connectivity index (χ1n) is 6.54. The third kappa shape index (κ3) is 4.22. The van der Waals surface area contributed by atoms with Crippen LogP contribution in [0.1, 0.15) is 43.5 Å². The van der Waals surface area contributed by atoms with Crippen LogP contribution in [-0.2, 0) is 6.42 Å². The van der Waals surface area contributed by atoms with Gasteiger partial charge in [0.2, 0.25) is 0 Å². The van der Waals surface area contributed by atoms with E-state index in [1.165, 1.54) is 50.1 Å². The van der Waals surface area contributed by atoms with E-state index >= 15 is 0 Å². The summed E-state index contributed by atoms with van der Waals surface area (Å²) in [6.45, 7) is 2.27. The molecule has 1 aliphatic rings. The highest BCUT2D eigenvalue weighted by Gasteiger charge is 2.12. The summed E-state index contributed by atoms with van der Waals surface area (Å²) in [5, 5.41) is 6.85. The van der Waals surface area contributed by atoms with E-state index in [0.29, 0.717) is 0 Å². The summed E-state index contributed by atoms with van der Waals surface area (Å²) in [5.41, 5.74) is 0. The van der Waals surface area contributed by atoms with E-state index in [9.17, 15) is 0 Å². The van der Waals surface area contributed by atoms with Crippen molar-refractivity contribution in [1.82, 2.24) is 10.3 Å². The number of aromatic nitrogens is 1. The minimum absolute atomic E-state index is 1.00. The Balaban J connectivity index is 1.48. The molecule has 90 valence electrons. The zero-order valence-corrected chi connectivity index (χ0v) is 10.8. The molecule has 0 unspecified atom stereocenters. The molecule has 2 rings (SSSR count). The summed E-state index contributed by atoms with van der Waals surface area (Å²) in [7, 11) is 0. The second-order valence-electron chi connectivity index (χ2n) is 4.72. The maximum atomic E-state index is 4.28. The third-order valence-electron chi connectivity index (χ3n) is 3.45. The van der Waals surface area contributed by atoms with Crippen molar-refractivity contribution < 1.29 is 0 Å². The lowest BCUT2D eigenvalue weighted by Crippen LogP contribution is -2.21. The van der Waals surface area contributed by atoms with E-state index in [2.05, 4.69) is 15.7 Å². The molecular formula is C13H22N2S. The number of thiazole rings is 1. The van der Waals surface area contributed by atoms with Crippen molar-refractivity contribution >= 4 is 11.3 Å². The summed E-state index contributed by atoms with van der Waals surface area (Å²) >= 11 is 1.76. The molecular weight excluding hydrogens is 216 g/mol. The molecule has 0 spiro atoms. The van der Waals surface area contributed by atoms with Gasteiger partial charge in [0.15, 0.2) is 0 Å². The van der Waals surface area contributed by atoms with Gasteiger partial charge in [-0.25, -0.2) is 4.98 Å². The lowest BCUT2D eigenvalue weighted by Gasteiger charge is -2.21. The van der Waals surface area contributed by atoms with E-state index in [-0.39, 0.29) is 0 Å². The maximum Gasteiger partial charge on any atom is 0.0937 e. The zero-order chi connectivity index (χ0) is 11.1. The number of hydrogen-bond acceptors (Lipinski definition) is 3. The van der Waals surface area contributed by atoms with Gasteiger partial charge in [-0.2, -0.15) is 0 Å². The molecule has 16 heavy (non-hydrogen) atoms. The SMILES string of the molecule is c1csc(CCNCCC2CCCCC2)n1. The molecule has 0 amide bonds. The van der Waals surface area contributed by atoms with Crippen LogP contribution in [0.3, 0.4) is 0 Å². The molecule has 1 heterocycles. The molecule has 0 aromatic carbocycles. The van der Waals surface area contributed by atoms with E-state index in [1.54, 1.807) is 11.3 Å². The molecule has 1 saturated carbocycles. The van der Waals surface area contributed by atoms with Crippen LogP contribution in [0.25, 0.3) is 0 Å². The zero-order valence-electron chi connectivity index (χ0n) is 9.95. The van der Waals surface area contributed by atoms with Gasteiger partial charge in [-0.1, -0.05) is 32.1 Å². The molecule has 0 atom stereocenters. The van der Waals surface area contributed by atoms with Crippen molar-refractivity contribution in [3.63, 3.8) is 0 Å². The van der Waals surface area contributed by atoms with Crippen LogP contribution in [-0.4, -0.2) is 18.1 Å². The quantitative estimate of drug-likeness (QED) is 0.770. The van der Waals surface area contributed by atoms with Crippen LogP contribution >= 0.6 is 11.3 Å². The Hall–Kier alpha value is -0.410. The van der Waals surface area contributed by atoms with Gasteiger partial charge in [0.25, 0.3) is 0 Å². The molecule has 0 aliphatic heterocycles. The predicted molar refractivity (Wildman–Crippen MR) is 69.9 cm³/mol. The second kappa shape index (κ2) is 7.02. The highest BCUT2D eigenvalue weighted by atomic mass is 32.1. The molecule has 1 aromatic heterocycles.